The Morgan fingerprint density at radius 2 is 2.11 bits per heavy atom. The molecule has 0 spiro atoms. The van der Waals surface area contributed by atoms with Crippen molar-refractivity contribution < 1.29 is 22.7 Å². The van der Waals surface area contributed by atoms with E-state index in [0.29, 0.717) is 0 Å². The average molecular weight is 162 g/mol. The standard InChI is InChI=1S/C3H2ClF3O2/c4-2(8)9-3(6,7)1-5/h1H2. The fourth-order valence-electron chi connectivity index (χ4n) is 0.145. The van der Waals surface area contributed by atoms with E-state index in [1.807, 2.05) is 0 Å². The summed E-state index contributed by atoms with van der Waals surface area (Å²) in [7, 11) is 0. The Kier molecular flexibility index (Phi) is 2.76. The predicted octanol–water partition coefficient (Wildman–Crippen LogP) is 1.92. The highest BCUT2D eigenvalue weighted by atomic mass is 35.5. The molecule has 0 unspecified atom stereocenters. The molecule has 54 valence electrons. The van der Waals surface area contributed by atoms with Crippen LogP contribution in [0.4, 0.5) is 18.0 Å². The molecular weight excluding hydrogens is 160 g/mol. The van der Waals surface area contributed by atoms with Gasteiger partial charge in [-0.1, -0.05) is 0 Å². The minimum absolute atomic E-state index is 1.72. The molecule has 0 saturated carbocycles. The Bertz CT molecular complexity index is 116. The smallest absolute Gasteiger partial charge is 0.386 e. The maximum absolute atomic E-state index is 11.5. The summed E-state index contributed by atoms with van der Waals surface area (Å²) in [5.41, 5.74) is -1.72. The largest absolute Gasteiger partial charge is 0.429 e. The van der Waals surface area contributed by atoms with Gasteiger partial charge in [0.2, 0.25) is 0 Å². The molecular formula is C3H2ClF3O2. The summed E-state index contributed by atoms with van der Waals surface area (Å²) < 4.78 is 37.1. The first kappa shape index (κ1) is 8.55. The quantitative estimate of drug-likeness (QED) is 0.580. The Morgan fingerprint density at radius 3 is 2.22 bits per heavy atom. The van der Waals surface area contributed by atoms with Crippen LogP contribution in [-0.2, 0) is 4.74 Å². The van der Waals surface area contributed by atoms with E-state index >= 15 is 0 Å². The van der Waals surface area contributed by atoms with Gasteiger partial charge in [0.15, 0.2) is 6.67 Å². The number of carbonyl (C=O) groups is 1. The Balaban J connectivity index is 3.71. The van der Waals surface area contributed by atoms with Crippen LogP contribution in [0.15, 0.2) is 0 Å². The normalized spacial score (nSPS) is 11.1. The Morgan fingerprint density at radius 1 is 1.67 bits per heavy atom. The van der Waals surface area contributed by atoms with E-state index in [2.05, 4.69) is 16.3 Å². The molecule has 0 aliphatic carbocycles. The number of hydrogen-bond donors (Lipinski definition) is 0. The first-order chi connectivity index (χ1) is 3.98. The highest BCUT2D eigenvalue weighted by Gasteiger charge is 2.33. The summed E-state index contributed by atoms with van der Waals surface area (Å²) in [4.78, 5) is 9.51. The van der Waals surface area contributed by atoms with Gasteiger partial charge < -0.3 is 4.74 Å². The lowest BCUT2D eigenvalue weighted by molar-refractivity contribution is -0.201. The molecule has 0 aliphatic heterocycles. The third kappa shape index (κ3) is 4.08. The van der Waals surface area contributed by atoms with E-state index < -0.39 is 18.2 Å². The maximum atomic E-state index is 11.5. The van der Waals surface area contributed by atoms with Crippen LogP contribution in [0, 0.1) is 0 Å². The van der Waals surface area contributed by atoms with Crippen LogP contribution < -0.4 is 0 Å². The Hall–Kier alpha value is -0.450. The van der Waals surface area contributed by atoms with Crippen LogP contribution in [0.2, 0.25) is 0 Å². The molecule has 0 aliphatic rings. The summed E-state index contributed by atoms with van der Waals surface area (Å²) in [6, 6.07) is 0. The lowest BCUT2D eigenvalue weighted by Crippen LogP contribution is -2.24. The van der Waals surface area contributed by atoms with Crippen LogP contribution in [0.3, 0.4) is 0 Å². The van der Waals surface area contributed by atoms with Crippen LogP contribution in [-0.4, -0.2) is 18.2 Å². The highest BCUT2D eigenvalue weighted by Crippen LogP contribution is 2.16. The lowest BCUT2D eigenvalue weighted by Gasteiger charge is -2.08. The molecule has 2 nitrogen and oxygen atoms in total. The minimum atomic E-state index is -4.08. The number of hydrogen-bond acceptors (Lipinski definition) is 2. The molecule has 0 bridgehead atoms. The predicted molar refractivity (Wildman–Crippen MR) is 23.3 cm³/mol. The van der Waals surface area contributed by atoms with Crippen LogP contribution in [0.25, 0.3) is 0 Å². The second-order valence-corrected chi connectivity index (χ2v) is 1.42. The zero-order valence-electron chi connectivity index (χ0n) is 4.04. The molecule has 0 heterocycles. The topological polar surface area (TPSA) is 26.3 Å². The van der Waals surface area contributed by atoms with Gasteiger partial charge in [-0.25, -0.2) is 9.18 Å². The van der Waals surface area contributed by atoms with Gasteiger partial charge in [0, 0.05) is 11.6 Å². The number of rotatable bonds is 2. The summed E-state index contributed by atoms with van der Waals surface area (Å²) >= 11 is 4.33. The van der Waals surface area contributed by atoms with Crippen molar-refractivity contribution in [1.29, 1.82) is 0 Å². The molecule has 0 radical (unpaired) electrons. The third-order valence-corrected chi connectivity index (χ3v) is 0.462. The first-order valence-electron chi connectivity index (χ1n) is 1.80. The van der Waals surface area contributed by atoms with E-state index in [1.165, 1.54) is 0 Å². The molecule has 0 aromatic rings. The summed E-state index contributed by atoms with van der Waals surface area (Å²) in [6.45, 7) is -2.06. The van der Waals surface area contributed by atoms with Crippen molar-refractivity contribution in [2.24, 2.45) is 0 Å². The number of carbonyl (C=O) groups excluding carboxylic acids is 1. The molecule has 6 heteroatoms. The van der Waals surface area contributed by atoms with Crippen molar-refractivity contribution in [3.63, 3.8) is 0 Å². The van der Waals surface area contributed by atoms with Crippen molar-refractivity contribution >= 4 is 17.0 Å². The summed E-state index contributed by atoms with van der Waals surface area (Å²) in [5.74, 6) is 0. The van der Waals surface area contributed by atoms with E-state index in [0.717, 1.165) is 0 Å². The second-order valence-electron chi connectivity index (χ2n) is 1.11. The van der Waals surface area contributed by atoms with Crippen LogP contribution in [0.1, 0.15) is 0 Å². The number of ether oxygens (including phenoxy) is 1. The minimum Gasteiger partial charge on any atom is -0.386 e. The molecule has 0 fully saturated rings. The third-order valence-electron chi connectivity index (χ3n) is 0.385. The summed E-state index contributed by atoms with van der Waals surface area (Å²) in [5, 5.41) is 0. The van der Waals surface area contributed by atoms with Gasteiger partial charge in [0.1, 0.15) is 0 Å². The molecule has 0 rings (SSSR count). The monoisotopic (exact) mass is 162 g/mol. The molecule has 0 N–H and O–H groups in total. The molecule has 0 atom stereocenters. The van der Waals surface area contributed by atoms with Gasteiger partial charge in [-0.15, -0.1) is 0 Å². The van der Waals surface area contributed by atoms with Gasteiger partial charge in [0.25, 0.3) is 0 Å². The van der Waals surface area contributed by atoms with Gasteiger partial charge in [-0.2, -0.15) is 8.78 Å². The van der Waals surface area contributed by atoms with Gasteiger partial charge in [-0.05, 0) is 0 Å². The van der Waals surface area contributed by atoms with Crippen molar-refractivity contribution in [2.75, 3.05) is 6.67 Å². The molecule has 0 amide bonds. The zero-order chi connectivity index (χ0) is 7.49. The van der Waals surface area contributed by atoms with Gasteiger partial charge >= 0.3 is 11.5 Å². The van der Waals surface area contributed by atoms with Gasteiger partial charge in [0.05, 0.1) is 0 Å². The van der Waals surface area contributed by atoms with Crippen molar-refractivity contribution in [1.82, 2.24) is 0 Å². The maximum Gasteiger partial charge on any atom is 0.429 e. The van der Waals surface area contributed by atoms with Crippen LogP contribution in [0.5, 0.6) is 0 Å². The van der Waals surface area contributed by atoms with E-state index in [9.17, 15) is 18.0 Å². The first-order valence-corrected chi connectivity index (χ1v) is 2.18. The van der Waals surface area contributed by atoms with E-state index in [4.69, 9.17) is 0 Å². The molecule has 0 saturated heterocycles. The second kappa shape index (κ2) is 2.91. The lowest BCUT2D eigenvalue weighted by atomic mass is 10.7. The van der Waals surface area contributed by atoms with E-state index in [1.54, 1.807) is 0 Å². The van der Waals surface area contributed by atoms with Crippen LogP contribution >= 0.6 is 11.6 Å². The number of alkyl halides is 3. The molecule has 9 heavy (non-hydrogen) atoms. The van der Waals surface area contributed by atoms with Gasteiger partial charge in [-0.3, -0.25) is 0 Å². The number of halogens is 4. The molecule has 0 aromatic heterocycles. The van der Waals surface area contributed by atoms with Crippen molar-refractivity contribution in [3.8, 4) is 0 Å². The highest BCUT2D eigenvalue weighted by molar-refractivity contribution is 6.61. The summed E-state index contributed by atoms with van der Waals surface area (Å²) in [6.07, 6.45) is -4.08. The SMILES string of the molecule is O=C(Cl)OC(F)(F)CF. The zero-order valence-corrected chi connectivity index (χ0v) is 4.79. The van der Waals surface area contributed by atoms with Crippen molar-refractivity contribution in [2.45, 2.75) is 6.11 Å². The fourth-order valence-corrected chi connectivity index (χ4v) is 0.258. The average Bonchev–Trinajstić information content (AvgIpc) is 1.63. The van der Waals surface area contributed by atoms with E-state index in [-0.39, 0.29) is 0 Å². The fraction of sp³-hybridized carbons (Fsp3) is 0.667. The molecule has 0 aromatic carbocycles. The Labute approximate surface area is 53.5 Å². The van der Waals surface area contributed by atoms with Crippen molar-refractivity contribution in [3.05, 3.63) is 0 Å².